The van der Waals surface area contributed by atoms with Gasteiger partial charge in [0, 0.05) is 23.5 Å². The van der Waals surface area contributed by atoms with Gasteiger partial charge in [0.25, 0.3) is 0 Å². The number of carbonyl (C=O) groups is 4. The van der Waals surface area contributed by atoms with Crippen molar-refractivity contribution in [2.24, 2.45) is 29.6 Å². The lowest BCUT2D eigenvalue weighted by atomic mass is 9.57. The summed E-state index contributed by atoms with van der Waals surface area (Å²) in [5.41, 5.74) is 3.22. The molecule has 0 spiro atoms. The number of amides is 4. The fraction of sp³-hybridized carbons (Fsp3) is 0.351. The van der Waals surface area contributed by atoms with Crippen molar-refractivity contribution in [1.29, 1.82) is 0 Å². The van der Waals surface area contributed by atoms with E-state index in [-0.39, 0.29) is 66.1 Å². The average Bonchev–Trinajstić information content (AvgIpc) is 3.49. The first kappa shape index (κ1) is 33.3. The highest BCUT2D eigenvalue weighted by Gasteiger charge is 2.62. The maximum absolute atomic E-state index is 14.3. The Balaban J connectivity index is 1.25. The molecule has 2 heterocycles. The Bertz CT molecular complexity index is 1890. The molecular formula is C37H34Br2N2O8. The van der Waals surface area contributed by atoms with Crippen LogP contribution in [0.5, 0.6) is 23.0 Å². The second-order valence-electron chi connectivity index (χ2n) is 13.2. The Labute approximate surface area is 299 Å². The van der Waals surface area contributed by atoms with Gasteiger partial charge in [-0.3, -0.25) is 29.0 Å². The van der Waals surface area contributed by atoms with Crippen molar-refractivity contribution < 1.29 is 39.2 Å². The molecule has 2 saturated heterocycles. The van der Waals surface area contributed by atoms with E-state index in [1.807, 2.05) is 6.08 Å². The largest absolute Gasteiger partial charge is 0.508 e. The zero-order chi connectivity index (χ0) is 34.7. The topological polar surface area (TPSA) is 145 Å². The molecule has 4 aliphatic rings. The van der Waals surface area contributed by atoms with Crippen molar-refractivity contribution in [2.75, 3.05) is 20.2 Å². The number of methoxy groups -OCH3 is 1. The molecule has 2 aliphatic carbocycles. The summed E-state index contributed by atoms with van der Waals surface area (Å²) in [5, 5.41) is 30.1. The Kier molecular flexibility index (Phi) is 8.81. The zero-order valence-electron chi connectivity index (χ0n) is 26.5. The summed E-state index contributed by atoms with van der Waals surface area (Å²) < 4.78 is 6.33. The first-order valence-electron chi connectivity index (χ1n) is 16.2. The summed E-state index contributed by atoms with van der Waals surface area (Å²) in [5.74, 6) is -4.61. The molecule has 3 N–H and O–H groups in total. The molecule has 7 rings (SSSR count). The Morgan fingerprint density at radius 2 is 1.24 bits per heavy atom. The first-order valence-corrected chi connectivity index (χ1v) is 17.8. The molecular weight excluding hydrogens is 760 g/mol. The monoisotopic (exact) mass is 792 g/mol. The number of ether oxygens (including phenoxy) is 1. The standard InChI is InChI=1S/C37H34Br2N2O8/c1-49-27-17-25(31(38)32(39)33(27)44)28-22-10-11-23-29(36(47)40(34(23)45)14-12-18-2-6-20(42)7-3-18)24(22)16-26-30(28)37(48)41(35(26)46)15-13-19-4-8-21(43)9-5-19/h2-10,17,23-24,26,28-30,42-44H,11-16H2,1H3. The van der Waals surface area contributed by atoms with E-state index in [2.05, 4.69) is 31.9 Å². The van der Waals surface area contributed by atoms with E-state index in [9.17, 15) is 34.5 Å². The third-order valence-electron chi connectivity index (χ3n) is 10.7. The van der Waals surface area contributed by atoms with Gasteiger partial charge in [-0.15, -0.1) is 0 Å². The summed E-state index contributed by atoms with van der Waals surface area (Å²) in [4.78, 5) is 59.1. The van der Waals surface area contributed by atoms with Crippen molar-refractivity contribution in [2.45, 2.75) is 31.6 Å². The SMILES string of the molecule is COc1cc(C2C3=CCC4C(=O)N(CCc5ccc(O)cc5)C(=O)C4C3CC3C(=O)N(CCc4ccc(O)cc4)C(=O)C32)c(Br)c(Br)c1O. The van der Waals surface area contributed by atoms with Gasteiger partial charge in [0.15, 0.2) is 11.5 Å². The van der Waals surface area contributed by atoms with Crippen molar-refractivity contribution in [3.63, 3.8) is 0 Å². The van der Waals surface area contributed by atoms with E-state index in [4.69, 9.17) is 4.74 Å². The minimum absolute atomic E-state index is 0.120. The maximum atomic E-state index is 14.3. The number of imide groups is 2. The highest BCUT2D eigenvalue weighted by molar-refractivity contribution is 9.13. The van der Waals surface area contributed by atoms with Gasteiger partial charge in [-0.25, -0.2) is 0 Å². The molecule has 6 atom stereocenters. The zero-order valence-corrected chi connectivity index (χ0v) is 29.7. The Morgan fingerprint density at radius 1 is 0.714 bits per heavy atom. The summed E-state index contributed by atoms with van der Waals surface area (Å²) >= 11 is 7.09. The van der Waals surface area contributed by atoms with Crippen LogP contribution >= 0.6 is 31.9 Å². The maximum Gasteiger partial charge on any atom is 0.234 e. The fourth-order valence-corrected chi connectivity index (χ4v) is 9.28. The van der Waals surface area contributed by atoms with Gasteiger partial charge in [-0.05, 0) is 110 Å². The van der Waals surface area contributed by atoms with Gasteiger partial charge in [-0.1, -0.05) is 35.9 Å². The number of allylic oxidation sites excluding steroid dienone is 2. The average molecular weight is 794 g/mol. The number of rotatable bonds is 8. The number of carbonyl (C=O) groups excluding carboxylic acids is 4. The lowest BCUT2D eigenvalue weighted by Gasteiger charge is -2.44. The highest BCUT2D eigenvalue weighted by atomic mass is 79.9. The molecule has 0 aromatic heterocycles. The van der Waals surface area contributed by atoms with Crippen LogP contribution in [0.25, 0.3) is 0 Å². The van der Waals surface area contributed by atoms with Gasteiger partial charge in [-0.2, -0.15) is 0 Å². The van der Waals surface area contributed by atoms with Crippen LogP contribution in [0.3, 0.4) is 0 Å². The summed E-state index contributed by atoms with van der Waals surface area (Å²) in [6, 6.07) is 15.0. The van der Waals surface area contributed by atoms with E-state index in [0.29, 0.717) is 33.8 Å². The number of likely N-dealkylation sites (tertiary alicyclic amines) is 2. The van der Waals surface area contributed by atoms with E-state index < -0.39 is 35.5 Å². The van der Waals surface area contributed by atoms with Crippen LogP contribution in [0.2, 0.25) is 0 Å². The van der Waals surface area contributed by atoms with Crippen LogP contribution in [0.4, 0.5) is 0 Å². The number of nitrogens with zero attached hydrogens (tertiary/aromatic N) is 2. The molecule has 10 nitrogen and oxygen atoms in total. The predicted octanol–water partition coefficient (Wildman–Crippen LogP) is 5.46. The van der Waals surface area contributed by atoms with Gasteiger partial charge < -0.3 is 20.1 Å². The van der Waals surface area contributed by atoms with E-state index in [1.165, 1.54) is 16.9 Å². The molecule has 2 aliphatic heterocycles. The number of hydrogen-bond donors (Lipinski definition) is 3. The van der Waals surface area contributed by atoms with Gasteiger partial charge >= 0.3 is 0 Å². The summed E-state index contributed by atoms with van der Waals surface area (Å²) in [7, 11) is 1.43. The second kappa shape index (κ2) is 12.9. The molecule has 3 aromatic carbocycles. The number of hydrogen-bond acceptors (Lipinski definition) is 8. The van der Waals surface area contributed by atoms with Crippen LogP contribution in [0.1, 0.15) is 35.4 Å². The summed E-state index contributed by atoms with van der Waals surface area (Å²) in [6.07, 6.45) is 3.41. The summed E-state index contributed by atoms with van der Waals surface area (Å²) in [6.45, 7) is 0.354. The van der Waals surface area contributed by atoms with Gasteiger partial charge in [0.2, 0.25) is 23.6 Å². The fourth-order valence-electron chi connectivity index (χ4n) is 8.31. The smallest absolute Gasteiger partial charge is 0.234 e. The normalized spacial score (nSPS) is 26.1. The molecule has 0 radical (unpaired) electrons. The van der Waals surface area contributed by atoms with Crippen LogP contribution < -0.4 is 4.74 Å². The number of phenolic OH excluding ortho intramolecular Hbond substituents is 3. The molecule has 0 bridgehead atoms. The number of benzene rings is 3. The molecule has 1 saturated carbocycles. The molecule has 254 valence electrons. The van der Waals surface area contributed by atoms with Crippen molar-refractivity contribution >= 4 is 55.5 Å². The van der Waals surface area contributed by atoms with Crippen LogP contribution in [0, 0.1) is 29.6 Å². The third-order valence-corrected chi connectivity index (χ3v) is 12.8. The van der Waals surface area contributed by atoms with E-state index >= 15 is 0 Å². The number of halogens is 2. The predicted molar refractivity (Wildman–Crippen MR) is 185 cm³/mol. The van der Waals surface area contributed by atoms with Gasteiger partial charge in [0.05, 0.1) is 35.3 Å². The Hall–Kier alpha value is -4.16. The quantitative estimate of drug-likeness (QED) is 0.202. The van der Waals surface area contributed by atoms with Crippen LogP contribution in [-0.4, -0.2) is 68.9 Å². The number of phenols is 3. The Morgan fingerprint density at radius 3 is 1.80 bits per heavy atom. The molecule has 4 amide bonds. The molecule has 49 heavy (non-hydrogen) atoms. The third kappa shape index (κ3) is 5.62. The lowest BCUT2D eigenvalue weighted by Crippen LogP contribution is -2.43. The van der Waals surface area contributed by atoms with Gasteiger partial charge in [0.1, 0.15) is 11.5 Å². The first-order chi connectivity index (χ1) is 23.5. The van der Waals surface area contributed by atoms with Crippen molar-refractivity contribution in [1.82, 2.24) is 9.80 Å². The minimum atomic E-state index is -0.762. The van der Waals surface area contributed by atoms with Crippen molar-refractivity contribution in [3.05, 3.63) is 91.9 Å². The van der Waals surface area contributed by atoms with Crippen LogP contribution in [-0.2, 0) is 32.0 Å². The molecule has 6 unspecified atom stereocenters. The second-order valence-corrected chi connectivity index (χ2v) is 14.7. The lowest BCUT2D eigenvalue weighted by molar-refractivity contribution is -0.142. The van der Waals surface area contributed by atoms with E-state index in [0.717, 1.165) is 16.7 Å². The molecule has 3 aromatic rings. The number of fused-ring (bicyclic) bond motifs is 4. The van der Waals surface area contributed by atoms with E-state index in [1.54, 1.807) is 54.6 Å². The number of aromatic hydroxyl groups is 3. The van der Waals surface area contributed by atoms with Crippen molar-refractivity contribution in [3.8, 4) is 23.0 Å². The van der Waals surface area contributed by atoms with Crippen LogP contribution in [0.15, 0.2) is 75.2 Å². The highest BCUT2D eigenvalue weighted by Crippen LogP contribution is 2.60. The minimum Gasteiger partial charge on any atom is -0.508 e. The molecule has 12 heteroatoms. The molecule has 3 fully saturated rings.